The van der Waals surface area contributed by atoms with Gasteiger partial charge in [0.05, 0.1) is 0 Å². The molecule has 5 heteroatoms. The second-order valence-electron chi connectivity index (χ2n) is 7.39. The van der Waals surface area contributed by atoms with Gasteiger partial charge in [0.25, 0.3) is 0 Å². The van der Waals surface area contributed by atoms with Crippen LogP contribution < -0.4 is 5.32 Å². The molecule has 5 nitrogen and oxygen atoms in total. The van der Waals surface area contributed by atoms with E-state index in [-0.39, 0.29) is 30.9 Å². The second-order valence-corrected chi connectivity index (χ2v) is 7.39. The zero-order chi connectivity index (χ0) is 20.1. The van der Waals surface area contributed by atoms with Gasteiger partial charge in [-0.25, -0.2) is 4.79 Å². The van der Waals surface area contributed by atoms with Gasteiger partial charge in [-0.1, -0.05) is 68.8 Å². The number of rotatable bonds is 8. The SMILES string of the molecule is CC[C@H](C)[C@@H](CCC(=O)O)NC(=O)OCC1c2ccccc2-c2ccccc21. The minimum atomic E-state index is -0.859. The number of carboxylic acids is 1. The third-order valence-electron chi connectivity index (χ3n) is 5.65. The zero-order valence-corrected chi connectivity index (χ0v) is 16.4. The van der Waals surface area contributed by atoms with Crippen molar-refractivity contribution in [2.24, 2.45) is 5.92 Å². The molecular formula is C23H27NO4. The summed E-state index contributed by atoms with van der Waals surface area (Å²) in [6.45, 7) is 4.29. The Labute approximate surface area is 165 Å². The van der Waals surface area contributed by atoms with E-state index in [2.05, 4.69) is 29.6 Å². The van der Waals surface area contributed by atoms with Crippen molar-refractivity contribution in [2.75, 3.05) is 6.61 Å². The molecule has 1 aliphatic carbocycles. The summed E-state index contributed by atoms with van der Waals surface area (Å²) in [6.07, 6.45) is 0.791. The Bertz CT molecular complexity index is 803. The molecule has 0 heterocycles. The van der Waals surface area contributed by atoms with Crippen molar-refractivity contribution in [3.8, 4) is 11.1 Å². The van der Waals surface area contributed by atoms with Gasteiger partial charge in [0, 0.05) is 18.4 Å². The Hall–Kier alpha value is -2.82. The van der Waals surface area contributed by atoms with E-state index in [0.29, 0.717) is 6.42 Å². The van der Waals surface area contributed by atoms with Crippen molar-refractivity contribution in [2.45, 2.75) is 45.1 Å². The fourth-order valence-electron chi connectivity index (χ4n) is 3.85. The first kappa shape index (κ1) is 19.9. The summed E-state index contributed by atoms with van der Waals surface area (Å²) < 4.78 is 5.57. The van der Waals surface area contributed by atoms with Crippen LogP contribution in [0.15, 0.2) is 48.5 Å². The highest BCUT2D eigenvalue weighted by molar-refractivity contribution is 5.79. The van der Waals surface area contributed by atoms with Crippen LogP contribution in [0, 0.1) is 5.92 Å². The van der Waals surface area contributed by atoms with Crippen LogP contribution in [0.1, 0.15) is 50.2 Å². The van der Waals surface area contributed by atoms with Crippen molar-refractivity contribution in [1.82, 2.24) is 5.32 Å². The first-order valence-corrected chi connectivity index (χ1v) is 9.84. The largest absolute Gasteiger partial charge is 0.481 e. The molecule has 0 radical (unpaired) electrons. The summed E-state index contributed by atoms with van der Waals surface area (Å²) >= 11 is 0. The number of fused-ring (bicyclic) bond motifs is 3. The van der Waals surface area contributed by atoms with Crippen LogP contribution in [0.25, 0.3) is 11.1 Å². The maximum atomic E-state index is 12.4. The predicted octanol–water partition coefficient (Wildman–Crippen LogP) is 4.80. The maximum absolute atomic E-state index is 12.4. The van der Waals surface area contributed by atoms with E-state index in [9.17, 15) is 9.59 Å². The number of hydrogen-bond acceptors (Lipinski definition) is 3. The molecule has 1 amide bonds. The molecule has 0 saturated heterocycles. The summed E-state index contributed by atoms with van der Waals surface area (Å²) in [7, 11) is 0. The first-order valence-electron chi connectivity index (χ1n) is 9.84. The quantitative estimate of drug-likeness (QED) is 0.688. The van der Waals surface area contributed by atoms with Gasteiger partial charge in [-0.2, -0.15) is 0 Å². The number of benzene rings is 2. The van der Waals surface area contributed by atoms with Gasteiger partial charge >= 0.3 is 12.1 Å². The molecule has 0 spiro atoms. The minimum absolute atomic E-state index is 0.0132. The van der Waals surface area contributed by atoms with E-state index in [4.69, 9.17) is 9.84 Å². The molecule has 3 rings (SSSR count). The van der Waals surface area contributed by atoms with Crippen LogP contribution in [-0.2, 0) is 9.53 Å². The number of carbonyl (C=O) groups is 2. The summed E-state index contributed by atoms with van der Waals surface area (Å²) in [5.74, 6) is -0.665. The average Bonchev–Trinajstić information content (AvgIpc) is 3.02. The average molecular weight is 381 g/mol. The normalized spacial score (nSPS) is 14.6. The van der Waals surface area contributed by atoms with Crippen molar-refractivity contribution in [1.29, 1.82) is 0 Å². The van der Waals surface area contributed by atoms with E-state index >= 15 is 0 Å². The Morgan fingerprint density at radius 2 is 1.64 bits per heavy atom. The monoisotopic (exact) mass is 381 g/mol. The third-order valence-corrected chi connectivity index (χ3v) is 5.65. The molecule has 0 saturated carbocycles. The van der Waals surface area contributed by atoms with Crippen LogP contribution in [-0.4, -0.2) is 29.8 Å². The molecule has 0 bridgehead atoms. The Morgan fingerprint density at radius 3 is 2.18 bits per heavy atom. The standard InChI is InChI=1S/C23H27NO4/c1-3-15(2)21(12-13-22(25)26)24-23(27)28-14-20-18-10-6-4-8-16(18)17-9-5-7-11-19(17)20/h4-11,15,20-21H,3,12-14H2,1-2H3,(H,24,27)(H,25,26)/t15-,21+/m0/s1. The number of ether oxygens (including phenoxy) is 1. The number of aliphatic carboxylic acids is 1. The molecule has 0 fully saturated rings. The van der Waals surface area contributed by atoms with Crippen molar-refractivity contribution in [3.05, 3.63) is 59.7 Å². The smallest absolute Gasteiger partial charge is 0.407 e. The lowest BCUT2D eigenvalue weighted by Crippen LogP contribution is -2.40. The Balaban J connectivity index is 1.66. The highest BCUT2D eigenvalue weighted by Crippen LogP contribution is 2.44. The number of carbonyl (C=O) groups excluding carboxylic acids is 1. The molecule has 2 aromatic rings. The molecule has 2 atom stereocenters. The summed E-state index contributed by atoms with van der Waals surface area (Å²) in [6, 6.07) is 16.2. The maximum Gasteiger partial charge on any atom is 0.407 e. The number of amides is 1. The molecular weight excluding hydrogens is 354 g/mol. The van der Waals surface area contributed by atoms with E-state index in [1.807, 2.05) is 38.1 Å². The highest BCUT2D eigenvalue weighted by atomic mass is 16.5. The fraction of sp³-hybridized carbons (Fsp3) is 0.391. The molecule has 148 valence electrons. The summed E-state index contributed by atoms with van der Waals surface area (Å²) in [5, 5.41) is 11.8. The Kier molecular flexibility index (Phi) is 6.34. The minimum Gasteiger partial charge on any atom is -0.481 e. The fourth-order valence-corrected chi connectivity index (χ4v) is 3.85. The van der Waals surface area contributed by atoms with E-state index in [0.717, 1.165) is 6.42 Å². The van der Waals surface area contributed by atoms with Crippen molar-refractivity contribution < 1.29 is 19.4 Å². The summed E-state index contributed by atoms with van der Waals surface area (Å²) in [5.41, 5.74) is 4.71. The lowest BCUT2D eigenvalue weighted by atomic mass is 9.95. The van der Waals surface area contributed by atoms with Crippen LogP contribution in [0.3, 0.4) is 0 Å². The van der Waals surface area contributed by atoms with Gasteiger partial charge in [-0.05, 0) is 34.6 Å². The zero-order valence-electron chi connectivity index (χ0n) is 16.4. The molecule has 2 aromatic carbocycles. The van der Waals surface area contributed by atoms with Gasteiger partial charge in [0.1, 0.15) is 6.61 Å². The van der Waals surface area contributed by atoms with Gasteiger partial charge in [0.2, 0.25) is 0 Å². The van der Waals surface area contributed by atoms with Gasteiger partial charge in [-0.3, -0.25) is 4.79 Å². The van der Waals surface area contributed by atoms with Crippen molar-refractivity contribution in [3.63, 3.8) is 0 Å². The van der Waals surface area contributed by atoms with Crippen molar-refractivity contribution >= 4 is 12.1 Å². The molecule has 2 N–H and O–H groups in total. The van der Waals surface area contributed by atoms with E-state index < -0.39 is 12.1 Å². The molecule has 1 aliphatic rings. The topological polar surface area (TPSA) is 75.6 Å². The molecule has 28 heavy (non-hydrogen) atoms. The van der Waals surface area contributed by atoms with Crippen LogP contribution in [0.5, 0.6) is 0 Å². The first-order chi connectivity index (χ1) is 13.5. The molecule has 0 unspecified atom stereocenters. The van der Waals surface area contributed by atoms with Crippen LogP contribution in [0.2, 0.25) is 0 Å². The van der Waals surface area contributed by atoms with Crippen LogP contribution >= 0.6 is 0 Å². The van der Waals surface area contributed by atoms with Gasteiger partial charge < -0.3 is 15.2 Å². The number of nitrogens with one attached hydrogen (secondary N) is 1. The second kappa shape index (κ2) is 8.91. The summed E-state index contributed by atoms with van der Waals surface area (Å²) in [4.78, 5) is 23.3. The lowest BCUT2D eigenvalue weighted by molar-refractivity contribution is -0.137. The Morgan fingerprint density at radius 1 is 1.07 bits per heavy atom. The predicted molar refractivity (Wildman–Crippen MR) is 108 cm³/mol. The number of hydrogen-bond donors (Lipinski definition) is 2. The van der Waals surface area contributed by atoms with Gasteiger partial charge in [0.15, 0.2) is 0 Å². The highest BCUT2D eigenvalue weighted by Gasteiger charge is 2.29. The molecule has 0 aromatic heterocycles. The van der Waals surface area contributed by atoms with Gasteiger partial charge in [-0.15, -0.1) is 0 Å². The van der Waals surface area contributed by atoms with Crippen LogP contribution in [0.4, 0.5) is 4.79 Å². The lowest BCUT2D eigenvalue weighted by Gasteiger charge is -2.24. The molecule has 0 aliphatic heterocycles. The number of carboxylic acid groups (broad SMARTS) is 1. The number of alkyl carbamates (subject to hydrolysis) is 1. The van der Waals surface area contributed by atoms with E-state index in [1.54, 1.807) is 0 Å². The van der Waals surface area contributed by atoms with E-state index in [1.165, 1.54) is 22.3 Å². The third kappa shape index (κ3) is 4.35.